The summed E-state index contributed by atoms with van der Waals surface area (Å²) < 4.78 is 1.76. The normalized spacial score (nSPS) is 12.4. The zero-order valence-corrected chi connectivity index (χ0v) is 13.0. The Kier molecular flexibility index (Phi) is 5.16. The zero-order valence-electron chi connectivity index (χ0n) is 12.2. The van der Waals surface area contributed by atoms with Crippen LogP contribution < -0.4 is 4.80 Å². The fourth-order valence-corrected chi connectivity index (χ4v) is 2.56. The first-order chi connectivity index (χ1) is 10.1. The van der Waals surface area contributed by atoms with E-state index in [-0.39, 0.29) is 11.5 Å². The van der Waals surface area contributed by atoms with Gasteiger partial charge in [-0.3, -0.25) is 4.99 Å². The van der Waals surface area contributed by atoms with E-state index in [0.29, 0.717) is 5.56 Å². The van der Waals surface area contributed by atoms with Crippen LogP contribution in [0.15, 0.2) is 33.7 Å². The lowest BCUT2D eigenvalue weighted by molar-refractivity contribution is 0.450. The molecule has 2 aromatic rings. The SMILES string of the molecule is CCCCN=c1scc(C)n1/N=C/c1ccc(O)cc1O. The fraction of sp³-hybridized carbons (Fsp3) is 0.333. The standard InChI is InChI=1S/C15H19N3O2S/c1-3-4-7-16-15-18(11(2)10-21-15)17-9-12-5-6-13(19)8-14(12)20/h5-6,8-10,19-20H,3-4,7H2,1-2H3/b16-15?,17-9+. The van der Waals surface area contributed by atoms with Gasteiger partial charge < -0.3 is 10.2 Å². The highest BCUT2D eigenvalue weighted by Crippen LogP contribution is 2.20. The van der Waals surface area contributed by atoms with Crippen LogP contribution in [0, 0.1) is 6.92 Å². The third kappa shape index (κ3) is 3.95. The largest absolute Gasteiger partial charge is 0.508 e. The van der Waals surface area contributed by atoms with Gasteiger partial charge in [-0.15, -0.1) is 11.3 Å². The number of hydrogen-bond donors (Lipinski definition) is 2. The molecule has 0 bridgehead atoms. The molecule has 1 aromatic heterocycles. The highest BCUT2D eigenvalue weighted by atomic mass is 32.1. The quantitative estimate of drug-likeness (QED) is 0.658. The van der Waals surface area contributed by atoms with Crippen molar-refractivity contribution in [2.75, 3.05) is 6.54 Å². The summed E-state index contributed by atoms with van der Waals surface area (Å²) in [6.07, 6.45) is 3.73. The topological polar surface area (TPSA) is 70.1 Å². The summed E-state index contributed by atoms with van der Waals surface area (Å²) in [6, 6.07) is 4.42. The maximum atomic E-state index is 9.75. The lowest BCUT2D eigenvalue weighted by atomic mass is 10.2. The molecule has 0 unspecified atom stereocenters. The molecule has 2 rings (SSSR count). The van der Waals surface area contributed by atoms with Crippen molar-refractivity contribution in [3.63, 3.8) is 0 Å². The first-order valence-corrected chi connectivity index (χ1v) is 7.73. The predicted octanol–water partition coefficient (Wildman–Crippen LogP) is 2.85. The number of nitrogens with zero attached hydrogens (tertiary/aromatic N) is 3. The van der Waals surface area contributed by atoms with Gasteiger partial charge in [0.05, 0.1) is 11.9 Å². The molecule has 0 fully saturated rings. The molecule has 112 valence electrons. The molecule has 0 aliphatic carbocycles. The summed E-state index contributed by atoms with van der Waals surface area (Å²) >= 11 is 1.55. The second-order valence-corrected chi connectivity index (χ2v) is 5.53. The van der Waals surface area contributed by atoms with Crippen LogP contribution in [0.25, 0.3) is 0 Å². The van der Waals surface area contributed by atoms with Crippen molar-refractivity contribution in [3.8, 4) is 11.5 Å². The molecule has 0 aliphatic rings. The van der Waals surface area contributed by atoms with Gasteiger partial charge in [0, 0.05) is 23.6 Å². The molecule has 21 heavy (non-hydrogen) atoms. The summed E-state index contributed by atoms with van der Waals surface area (Å²) in [4.78, 5) is 5.37. The van der Waals surface area contributed by atoms with E-state index < -0.39 is 0 Å². The summed E-state index contributed by atoms with van der Waals surface area (Å²) in [5.41, 5.74) is 1.54. The van der Waals surface area contributed by atoms with Gasteiger partial charge in [-0.05, 0) is 25.5 Å². The van der Waals surface area contributed by atoms with E-state index in [1.807, 2.05) is 12.3 Å². The monoisotopic (exact) mass is 305 g/mol. The third-order valence-electron chi connectivity index (χ3n) is 2.94. The molecule has 5 nitrogen and oxygen atoms in total. The van der Waals surface area contributed by atoms with Crippen LogP contribution in [-0.4, -0.2) is 27.6 Å². The van der Waals surface area contributed by atoms with E-state index in [1.165, 1.54) is 12.1 Å². The number of phenols is 2. The van der Waals surface area contributed by atoms with Gasteiger partial charge in [0.2, 0.25) is 4.80 Å². The Morgan fingerprint density at radius 1 is 1.33 bits per heavy atom. The van der Waals surface area contributed by atoms with Crippen molar-refractivity contribution >= 4 is 17.6 Å². The van der Waals surface area contributed by atoms with Gasteiger partial charge in [-0.1, -0.05) is 13.3 Å². The highest BCUT2D eigenvalue weighted by molar-refractivity contribution is 7.07. The van der Waals surface area contributed by atoms with Gasteiger partial charge in [0.25, 0.3) is 0 Å². The summed E-state index contributed by atoms with van der Waals surface area (Å²) in [7, 11) is 0. The van der Waals surface area contributed by atoms with Crippen LogP contribution in [-0.2, 0) is 0 Å². The number of thiazole rings is 1. The van der Waals surface area contributed by atoms with E-state index in [2.05, 4.69) is 17.0 Å². The number of rotatable bonds is 5. The van der Waals surface area contributed by atoms with Crippen molar-refractivity contribution in [1.82, 2.24) is 4.68 Å². The molecule has 0 aliphatic heterocycles. The van der Waals surface area contributed by atoms with E-state index in [0.717, 1.165) is 29.9 Å². The second-order valence-electron chi connectivity index (χ2n) is 4.69. The number of aromatic nitrogens is 1. The summed E-state index contributed by atoms with van der Waals surface area (Å²) in [5, 5.41) is 25.4. The molecule has 1 heterocycles. The van der Waals surface area contributed by atoms with Crippen LogP contribution in [0.3, 0.4) is 0 Å². The number of benzene rings is 1. The molecule has 0 spiro atoms. The number of aryl methyl sites for hydroxylation is 1. The van der Waals surface area contributed by atoms with E-state index in [9.17, 15) is 10.2 Å². The van der Waals surface area contributed by atoms with Crippen molar-refractivity contribution in [3.05, 3.63) is 39.6 Å². The summed E-state index contributed by atoms with van der Waals surface area (Å²) in [5.74, 6) is 0.0241. The summed E-state index contributed by atoms with van der Waals surface area (Å²) in [6.45, 7) is 4.88. The van der Waals surface area contributed by atoms with Crippen LogP contribution >= 0.6 is 11.3 Å². The molecule has 6 heteroatoms. The molecule has 2 N–H and O–H groups in total. The fourth-order valence-electron chi connectivity index (χ4n) is 1.73. The van der Waals surface area contributed by atoms with Crippen LogP contribution in [0.5, 0.6) is 11.5 Å². The molecule has 0 saturated heterocycles. The van der Waals surface area contributed by atoms with Crippen LogP contribution in [0.4, 0.5) is 0 Å². The molecular weight excluding hydrogens is 286 g/mol. The number of phenolic OH excluding ortho intramolecular Hbond substituents is 2. The number of aromatic hydroxyl groups is 2. The Hall–Kier alpha value is -2.08. The van der Waals surface area contributed by atoms with Crippen molar-refractivity contribution in [2.45, 2.75) is 26.7 Å². The Bertz CT molecular complexity index is 701. The Morgan fingerprint density at radius 3 is 2.86 bits per heavy atom. The van der Waals surface area contributed by atoms with E-state index >= 15 is 0 Å². The first kappa shape index (κ1) is 15.3. The number of hydrogen-bond acceptors (Lipinski definition) is 5. The zero-order chi connectivity index (χ0) is 15.2. The van der Waals surface area contributed by atoms with Gasteiger partial charge in [-0.25, -0.2) is 4.68 Å². The maximum absolute atomic E-state index is 9.75. The smallest absolute Gasteiger partial charge is 0.205 e. The molecule has 1 aromatic carbocycles. The molecule has 0 radical (unpaired) electrons. The second kappa shape index (κ2) is 7.08. The average Bonchev–Trinajstić information content (AvgIpc) is 2.79. The first-order valence-electron chi connectivity index (χ1n) is 6.85. The Balaban J connectivity index is 2.28. The maximum Gasteiger partial charge on any atom is 0.205 e. The Labute approximate surface area is 127 Å². The minimum absolute atomic E-state index is 0.00305. The van der Waals surface area contributed by atoms with Gasteiger partial charge in [-0.2, -0.15) is 5.10 Å². The minimum atomic E-state index is -0.00305. The number of unbranched alkanes of at least 4 members (excludes halogenated alkanes) is 1. The van der Waals surface area contributed by atoms with E-state index in [1.54, 1.807) is 28.3 Å². The minimum Gasteiger partial charge on any atom is -0.508 e. The Morgan fingerprint density at radius 2 is 2.14 bits per heavy atom. The van der Waals surface area contributed by atoms with E-state index in [4.69, 9.17) is 0 Å². The lowest BCUT2D eigenvalue weighted by Crippen LogP contribution is -2.12. The highest BCUT2D eigenvalue weighted by Gasteiger charge is 2.01. The lowest BCUT2D eigenvalue weighted by Gasteiger charge is -2.01. The van der Waals surface area contributed by atoms with Crippen LogP contribution in [0.2, 0.25) is 0 Å². The van der Waals surface area contributed by atoms with Gasteiger partial charge in [0.15, 0.2) is 0 Å². The molecule has 0 amide bonds. The van der Waals surface area contributed by atoms with Crippen molar-refractivity contribution < 1.29 is 10.2 Å². The predicted molar refractivity (Wildman–Crippen MR) is 85.1 cm³/mol. The average molecular weight is 305 g/mol. The molecular formula is C15H19N3O2S. The van der Waals surface area contributed by atoms with Crippen LogP contribution in [0.1, 0.15) is 31.0 Å². The molecule has 0 saturated carbocycles. The van der Waals surface area contributed by atoms with Gasteiger partial charge in [0.1, 0.15) is 11.5 Å². The van der Waals surface area contributed by atoms with Crippen molar-refractivity contribution in [1.29, 1.82) is 0 Å². The van der Waals surface area contributed by atoms with Gasteiger partial charge >= 0.3 is 0 Å². The molecule has 0 atom stereocenters. The third-order valence-corrected chi connectivity index (χ3v) is 3.91. The van der Waals surface area contributed by atoms with Crippen molar-refractivity contribution in [2.24, 2.45) is 10.1 Å².